The monoisotopic (exact) mass is 354 g/mol. The van der Waals surface area contributed by atoms with Gasteiger partial charge in [-0.1, -0.05) is 18.2 Å². The normalized spacial score (nSPS) is 11.2. The van der Waals surface area contributed by atoms with E-state index in [4.69, 9.17) is 14.3 Å². The number of carboxylic acids is 1. The third-order valence-corrected chi connectivity index (χ3v) is 3.71. The zero-order valence-corrected chi connectivity index (χ0v) is 13.9. The number of carbonyl (C=O) groups is 1. The summed E-state index contributed by atoms with van der Waals surface area (Å²) in [5, 5.41) is 9.22. The molecule has 3 rings (SSSR count). The average molecular weight is 354 g/mol. The molecule has 2 aromatic carbocycles. The van der Waals surface area contributed by atoms with Gasteiger partial charge in [0.25, 0.3) is 0 Å². The highest BCUT2D eigenvalue weighted by Gasteiger charge is 2.15. The third kappa shape index (κ3) is 3.49. The molecule has 0 aliphatic carbocycles. The summed E-state index contributed by atoms with van der Waals surface area (Å²) in [6.45, 7) is 1.97. The molecule has 6 heteroatoms. The fourth-order valence-electron chi connectivity index (χ4n) is 2.47. The molecule has 0 bridgehead atoms. The van der Waals surface area contributed by atoms with Gasteiger partial charge >= 0.3 is 5.97 Å². The highest BCUT2D eigenvalue weighted by atomic mass is 19.1. The van der Waals surface area contributed by atoms with Crippen molar-refractivity contribution in [1.82, 2.24) is 0 Å². The third-order valence-electron chi connectivity index (χ3n) is 3.71. The Labute approximate surface area is 148 Å². The van der Waals surface area contributed by atoms with Gasteiger partial charge in [0.1, 0.15) is 11.4 Å². The van der Waals surface area contributed by atoms with Gasteiger partial charge in [-0.25, -0.2) is 9.18 Å². The van der Waals surface area contributed by atoms with Crippen LogP contribution in [0, 0.1) is 5.82 Å². The van der Waals surface area contributed by atoms with Gasteiger partial charge in [0.15, 0.2) is 5.76 Å². The summed E-state index contributed by atoms with van der Waals surface area (Å²) in [6, 6.07) is 9.89. The number of benzene rings is 2. The largest absolute Gasteiger partial charge is 0.487 e. The predicted molar refractivity (Wildman–Crippen MR) is 95.9 cm³/mol. The summed E-state index contributed by atoms with van der Waals surface area (Å²) < 4.78 is 24.1. The Hall–Kier alpha value is -3.41. The van der Waals surface area contributed by atoms with Crippen LogP contribution in [0.5, 0.6) is 5.75 Å². The van der Waals surface area contributed by atoms with Crippen LogP contribution in [-0.4, -0.2) is 17.7 Å². The van der Waals surface area contributed by atoms with Crippen LogP contribution >= 0.6 is 0 Å². The van der Waals surface area contributed by atoms with Gasteiger partial charge in [-0.2, -0.15) is 0 Å². The van der Waals surface area contributed by atoms with Crippen molar-refractivity contribution in [3.63, 3.8) is 0 Å². The van der Waals surface area contributed by atoms with Gasteiger partial charge in [-0.3, -0.25) is 4.79 Å². The van der Waals surface area contributed by atoms with Crippen LogP contribution in [0.1, 0.15) is 28.6 Å². The lowest BCUT2D eigenvalue weighted by molar-refractivity contribution is 0.0697. The van der Waals surface area contributed by atoms with Gasteiger partial charge in [-0.15, -0.1) is 0 Å². The minimum atomic E-state index is -1.13. The lowest BCUT2D eigenvalue weighted by atomic mass is 10.1. The van der Waals surface area contributed by atoms with Crippen molar-refractivity contribution in [2.45, 2.75) is 6.92 Å². The molecule has 0 saturated carbocycles. The lowest BCUT2D eigenvalue weighted by Crippen LogP contribution is -2.10. The first-order valence-electron chi connectivity index (χ1n) is 7.90. The number of halogens is 1. The molecule has 0 saturated heterocycles. The van der Waals surface area contributed by atoms with Crippen LogP contribution in [0.25, 0.3) is 23.1 Å². The van der Waals surface area contributed by atoms with Gasteiger partial charge in [-0.05, 0) is 48.9 Å². The summed E-state index contributed by atoms with van der Waals surface area (Å²) >= 11 is 0. The van der Waals surface area contributed by atoms with Crippen LogP contribution in [-0.2, 0) is 0 Å². The van der Waals surface area contributed by atoms with Gasteiger partial charge in [0.2, 0.25) is 11.2 Å². The zero-order chi connectivity index (χ0) is 18.7. The molecule has 5 nitrogen and oxygen atoms in total. The number of rotatable bonds is 5. The summed E-state index contributed by atoms with van der Waals surface area (Å²) in [6.07, 6.45) is 3.22. The fourth-order valence-corrected chi connectivity index (χ4v) is 2.47. The SMILES string of the molecule is CCOc1c(C=Cc2ccc(F)cc2)oc2ccc(C(=O)O)cc2c1=O. The van der Waals surface area contributed by atoms with Crippen molar-refractivity contribution < 1.29 is 23.4 Å². The van der Waals surface area contributed by atoms with E-state index in [0.717, 1.165) is 5.56 Å². The summed E-state index contributed by atoms with van der Waals surface area (Å²) in [5.41, 5.74) is 0.511. The first-order valence-corrected chi connectivity index (χ1v) is 7.90. The minimum absolute atomic E-state index is 0.000834. The molecule has 3 aromatic rings. The molecule has 1 heterocycles. The maximum absolute atomic E-state index is 13.0. The molecule has 132 valence electrons. The number of fused-ring (bicyclic) bond motifs is 1. The first kappa shape index (κ1) is 17.4. The maximum Gasteiger partial charge on any atom is 0.335 e. The molecule has 26 heavy (non-hydrogen) atoms. The molecular formula is C20H15FO5. The fraction of sp³-hybridized carbons (Fsp3) is 0.100. The number of ether oxygens (including phenoxy) is 1. The highest BCUT2D eigenvalue weighted by Crippen LogP contribution is 2.24. The summed E-state index contributed by atoms with van der Waals surface area (Å²) in [4.78, 5) is 23.8. The highest BCUT2D eigenvalue weighted by molar-refractivity contribution is 5.93. The number of aromatic carboxylic acids is 1. The second kappa shape index (κ2) is 7.23. The number of hydrogen-bond donors (Lipinski definition) is 1. The number of hydrogen-bond acceptors (Lipinski definition) is 4. The standard InChI is InChI=1S/C20H15FO5/c1-2-25-19-17(9-5-12-3-7-14(21)8-4-12)26-16-10-6-13(20(23)24)11-15(16)18(19)22/h3-11H,2H2,1H3,(H,23,24). The molecule has 0 spiro atoms. The Morgan fingerprint density at radius 2 is 1.92 bits per heavy atom. The number of carboxylic acid groups (broad SMARTS) is 1. The minimum Gasteiger partial charge on any atom is -0.487 e. The molecule has 0 amide bonds. The van der Waals surface area contributed by atoms with Crippen LogP contribution < -0.4 is 10.2 Å². The maximum atomic E-state index is 13.0. The van der Waals surface area contributed by atoms with Gasteiger partial charge in [0, 0.05) is 0 Å². The topological polar surface area (TPSA) is 76.7 Å². The van der Waals surface area contributed by atoms with Crippen molar-refractivity contribution in [3.8, 4) is 5.75 Å². The van der Waals surface area contributed by atoms with Crippen molar-refractivity contribution >= 4 is 29.1 Å². The van der Waals surface area contributed by atoms with Crippen molar-refractivity contribution in [1.29, 1.82) is 0 Å². The second-order valence-corrected chi connectivity index (χ2v) is 5.46. The van der Waals surface area contributed by atoms with E-state index in [-0.39, 0.29) is 40.5 Å². The Kier molecular flexibility index (Phi) is 4.84. The first-order chi connectivity index (χ1) is 12.5. The molecule has 1 N–H and O–H groups in total. The van der Waals surface area contributed by atoms with Crippen LogP contribution in [0.3, 0.4) is 0 Å². The van der Waals surface area contributed by atoms with Crippen molar-refractivity contribution in [2.75, 3.05) is 6.61 Å². The Balaban J connectivity index is 2.13. The van der Waals surface area contributed by atoms with E-state index in [1.807, 2.05) is 0 Å². The van der Waals surface area contributed by atoms with E-state index in [1.165, 1.54) is 30.3 Å². The van der Waals surface area contributed by atoms with Crippen LogP contribution in [0.15, 0.2) is 51.7 Å². The van der Waals surface area contributed by atoms with E-state index < -0.39 is 11.4 Å². The quantitative estimate of drug-likeness (QED) is 0.743. The molecule has 0 fully saturated rings. The van der Waals surface area contributed by atoms with Crippen molar-refractivity contribution in [3.05, 3.63) is 75.4 Å². The van der Waals surface area contributed by atoms with Crippen LogP contribution in [0.4, 0.5) is 4.39 Å². The molecule has 0 atom stereocenters. The van der Waals surface area contributed by atoms with E-state index in [9.17, 15) is 14.0 Å². The molecule has 0 aliphatic rings. The molecular weight excluding hydrogens is 339 g/mol. The molecule has 0 radical (unpaired) electrons. The Morgan fingerprint density at radius 3 is 2.58 bits per heavy atom. The van der Waals surface area contributed by atoms with Gasteiger partial charge in [0.05, 0.1) is 17.6 Å². The molecule has 1 aromatic heterocycles. The van der Waals surface area contributed by atoms with Gasteiger partial charge < -0.3 is 14.3 Å². The Bertz CT molecular complexity index is 1050. The lowest BCUT2D eigenvalue weighted by Gasteiger charge is -2.08. The van der Waals surface area contributed by atoms with E-state index >= 15 is 0 Å². The molecule has 0 aliphatic heterocycles. The van der Waals surface area contributed by atoms with E-state index in [1.54, 1.807) is 31.2 Å². The Morgan fingerprint density at radius 1 is 1.19 bits per heavy atom. The zero-order valence-electron chi connectivity index (χ0n) is 13.9. The van der Waals surface area contributed by atoms with Crippen LogP contribution in [0.2, 0.25) is 0 Å². The smallest absolute Gasteiger partial charge is 0.335 e. The predicted octanol–water partition coefficient (Wildman–Crippen LogP) is 4.20. The summed E-state index contributed by atoms with van der Waals surface area (Å²) in [5.74, 6) is -1.27. The average Bonchev–Trinajstić information content (AvgIpc) is 2.63. The molecule has 0 unspecified atom stereocenters. The van der Waals surface area contributed by atoms with E-state index in [2.05, 4.69) is 0 Å². The second-order valence-electron chi connectivity index (χ2n) is 5.46. The van der Waals surface area contributed by atoms with E-state index in [0.29, 0.717) is 0 Å². The summed E-state index contributed by atoms with van der Waals surface area (Å²) in [7, 11) is 0. The van der Waals surface area contributed by atoms with Crippen molar-refractivity contribution in [2.24, 2.45) is 0 Å².